The van der Waals surface area contributed by atoms with Crippen LogP contribution in [-0.2, 0) is 16.4 Å². The van der Waals surface area contributed by atoms with Gasteiger partial charge >= 0.3 is 0 Å². The van der Waals surface area contributed by atoms with Gasteiger partial charge in [-0.25, -0.2) is 8.42 Å². The van der Waals surface area contributed by atoms with Crippen molar-refractivity contribution in [2.24, 2.45) is 0 Å². The quantitative estimate of drug-likeness (QED) is 0.752. The largest absolute Gasteiger partial charge is 0.372 e. The molecular formula is C19H23BrN2O2S. The van der Waals surface area contributed by atoms with Gasteiger partial charge in [-0.05, 0) is 73.7 Å². The molecule has 1 heterocycles. The minimum atomic E-state index is -3.59. The van der Waals surface area contributed by atoms with Crippen LogP contribution in [0.25, 0.3) is 0 Å². The second-order valence-electron chi connectivity index (χ2n) is 6.31. The first-order valence-corrected chi connectivity index (χ1v) is 10.9. The van der Waals surface area contributed by atoms with Gasteiger partial charge in [-0.15, -0.1) is 0 Å². The van der Waals surface area contributed by atoms with E-state index in [2.05, 4.69) is 25.6 Å². The van der Waals surface area contributed by atoms with Crippen LogP contribution in [0.1, 0.15) is 31.7 Å². The Labute approximate surface area is 158 Å². The number of hydrogen-bond acceptors (Lipinski definition) is 3. The van der Waals surface area contributed by atoms with Crippen LogP contribution in [0.15, 0.2) is 51.8 Å². The number of nitrogens with one attached hydrogen (secondary N) is 1. The highest BCUT2D eigenvalue weighted by molar-refractivity contribution is 9.10. The first-order valence-electron chi connectivity index (χ1n) is 8.66. The van der Waals surface area contributed by atoms with Gasteiger partial charge in [0.05, 0.1) is 4.90 Å². The van der Waals surface area contributed by atoms with Gasteiger partial charge in [0.2, 0.25) is 0 Å². The van der Waals surface area contributed by atoms with Crippen LogP contribution in [0.4, 0.5) is 11.4 Å². The first kappa shape index (κ1) is 18.3. The van der Waals surface area contributed by atoms with Gasteiger partial charge in [0.15, 0.2) is 0 Å². The number of benzene rings is 2. The molecule has 134 valence electrons. The lowest BCUT2D eigenvalue weighted by Crippen LogP contribution is -2.29. The van der Waals surface area contributed by atoms with Crippen molar-refractivity contribution in [3.8, 4) is 0 Å². The summed E-state index contributed by atoms with van der Waals surface area (Å²) in [6.45, 7) is 4.10. The van der Waals surface area contributed by atoms with Crippen molar-refractivity contribution in [3.05, 3.63) is 52.5 Å². The number of anilines is 2. The van der Waals surface area contributed by atoms with Crippen molar-refractivity contribution in [1.29, 1.82) is 0 Å². The summed E-state index contributed by atoms with van der Waals surface area (Å²) >= 11 is 3.40. The topological polar surface area (TPSA) is 49.4 Å². The van der Waals surface area contributed by atoms with E-state index in [-0.39, 0.29) is 0 Å². The Morgan fingerprint density at radius 2 is 1.72 bits per heavy atom. The fourth-order valence-electron chi connectivity index (χ4n) is 3.19. The lowest BCUT2D eigenvalue weighted by atomic mass is 10.1. The third-order valence-electron chi connectivity index (χ3n) is 4.53. The number of piperidine rings is 1. The second-order valence-corrected chi connectivity index (χ2v) is 8.87. The Kier molecular flexibility index (Phi) is 5.69. The second kappa shape index (κ2) is 7.79. The normalized spacial score (nSPS) is 15.2. The van der Waals surface area contributed by atoms with Crippen molar-refractivity contribution in [3.63, 3.8) is 0 Å². The van der Waals surface area contributed by atoms with Gasteiger partial charge in [0.25, 0.3) is 10.0 Å². The summed E-state index contributed by atoms with van der Waals surface area (Å²) in [5, 5.41) is 0. The van der Waals surface area contributed by atoms with Crippen LogP contribution in [0, 0.1) is 0 Å². The van der Waals surface area contributed by atoms with E-state index >= 15 is 0 Å². The fraction of sp³-hybridized carbons (Fsp3) is 0.368. The Morgan fingerprint density at radius 1 is 1.04 bits per heavy atom. The predicted molar refractivity (Wildman–Crippen MR) is 107 cm³/mol. The molecule has 0 aliphatic carbocycles. The highest BCUT2D eigenvalue weighted by Gasteiger charge is 2.18. The Morgan fingerprint density at radius 3 is 2.36 bits per heavy atom. The minimum Gasteiger partial charge on any atom is -0.372 e. The van der Waals surface area contributed by atoms with Gasteiger partial charge in [0, 0.05) is 28.9 Å². The summed E-state index contributed by atoms with van der Waals surface area (Å²) in [5.41, 5.74) is 2.54. The van der Waals surface area contributed by atoms with Crippen LogP contribution in [0.2, 0.25) is 0 Å². The number of halogens is 1. The molecule has 0 unspecified atom stereocenters. The maximum absolute atomic E-state index is 12.7. The van der Waals surface area contributed by atoms with E-state index in [0.717, 1.165) is 28.8 Å². The van der Waals surface area contributed by atoms with Crippen molar-refractivity contribution < 1.29 is 8.42 Å². The molecule has 1 N–H and O–H groups in total. The molecule has 1 aliphatic rings. The van der Waals surface area contributed by atoms with Crippen molar-refractivity contribution >= 4 is 37.3 Å². The van der Waals surface area contributed by atoms with E-state index in [1.807, 2.05) is 37.3 Å². The number of nitrogens with zero attached hydrogens (tertiary/aromatic N) is 1. The molecule has 1 saturated heterocycles. The highest BCUT2D eigenvalue weighted by Crippen LogP contribution is 2.26. The van der Waals surface area contributed by atoms with E-state index in [1.165, 1.54) is 19.3 Å². The SMILES string of the molecule is CCc1cc(Br)ccc1S(=O)(=O)Nc1ccc(N2CCCCC2)cc1. The summed E-state index contributed by atoms with van der Waals surface area (Å²) in [7, 11) is -3.59. The molecular weight excluding hydrogens is 400 g/mol. The molecule has 3 rings (SSSR count). The standard InChI is InChI=1S/C19H23BrN2O2S/c1-2-15-14-16(20)6-11-19(15)25(23,24)21-17-7-9-18(10-8-17)22-12-4-3-5-13-22/h6-11,14,21H,2-5,12-13H2,1H3. The van der Waals surface area contributed by atoms with Crippen molar-refractivity contribution in [1.82, 2.24) is 0 Å². The third-order valence-corrected chi connectivity index (χ3v) is 6.51. The van der Waals surface area contributed by atoms with Crippen molar-refractivity contribution in [2.45, 2.75) is 37.5 Å². The summed E-state index contributed by atoms with van der Waals surface area (Å²) in [6, 6.07) is 12.9. The molecule has 2 aromatic rings. The van der Waals surface area contributed by atoms with Gasteiger partial charge in [-0.3, -0.25) is 4.72 Å². The minimum absolute atomic E-state index is 0.332. The van der Waals surface area contributed by atoms with Gasteiger partial charge in [0.1, 0.15) is 0 Å². The highest BCUT2D eigenvalue weighted by atomic mass is 79.9. The van der Waals surface area contributed by atoms with E-state index in [1.54, 1.807) is 12.1 Å². The lowest BCUT2D eigenvalue weighted by Gasteiger charge is -2.28. The monoisotopic (exact) mass is 422 g/mol. The molecule has 1 fully saturated rings. The summed E-state index contributed by atoms with van der Waals surface area (Å²) in [4.78, 5) is 2.68. The average molecular weight is 423 g/mol. The van der Waals surface area contributed by atoms with E-state index in [4.69, 9.17) is 0 Å². The Balaban J connectivity index is 1.79. The number of aryl methyl sites for hydroxylation is 1. The maximum Gasteiger partial charge on any atom is 0.262 e. The maximum atomic E-state index is 12.7. The summed E-state index contributed by atoms with van der Waals surface area (Å²) in [6.07, 6.45) is 4.39. The smallest absolute Gasteiger partial charge is 0.262 e. The first-order chi connectivity index (χ1) is 12.0. The van der Waals surface area contributed by atoms with Crippen LogP contribution in [-0.4, -0.2) is 21.5 Å². The van der Waals surface area contributed by atoms with E-state index < -0.39 is 10.0 Å². The fourth-order valence-corrected chi connectivity index (χ4v) is 4.95. The average Bonchev–Trinajstić information content (AvgIpc) is 2.62. The molecule has 2 aromatic carbocycles. The molecule has 1 aliphatic heterocycles. The molecule has 0 bridgehead atoms. The van der Waals surface area contributed by atoms with E-state index in [9.17, 15) is 8.42 Å². The van der Waals surface area contributed by atoms with Crippen molar-refractivity contribution in [2.75, 3.05) is 22.7 Å². The molecule has 4 nitrogen and oxygen atoms in total. The molecule has 0 radical (unpaired) electrons. The van der Waals surface area contributed by atoms with Crippen LogP contribution in [0.3, 0.4) is 0 Å². The number of hydrogen-bond donors (Lipinski definition) is 1. The Bertz CT molecular complexity index is 829. The summed E-state index contributed by atoms with van der Waals surface area (Å²) in [5.74, 6) is 0. The van der Waals surface area contributed by atoms with Gasteiger partial charge < -0.3 is 4.90 Å². The lowest BCUT2D eigenvalue weighted by molar-refractivity contribution is 0.578. The third kappa shape index (κ3) is 4.36. The van der Waals surface area contributed by atoms with Gasteiger partial charge in [-0.1, -0.05) is 22.9 Å². The van der Waals surface area contributed by atoms with Crippen LogP contribution < -0.4 is 9.62 Å². The molecule has 0 atom stereocenters. The summed E-state index contributed by atoms with van der Waals surface area (Å²) < 4.78 is 29.1. The molecule has 0 spiro atoms. The number of rotatable bonds is 5. The van der Waals surface area contributed by atoms with E-state index in [0.29, 0.717) is 17.0 Å². The molecule has 25 heavy (non-hydrogen) atoms. The molecule has 0 aromatic heterocycles. The van der Waals surface area contributed by atoms with Crippen LogP contribution >= 0.6 is 15.9 Å². The zero-order chi connectivity index (χ0) is 17.9. The molecule has 0 saturated carbocycles. The van der Waals surface area contributed by atoms with Crippen LogP contribution in [0.5, 0.6) is 0 Å². The van der Waals surface area contributed by atoms with Gasteiger partial charge in [-0.2, -0.15) is 0 Å². The molecule has 0 amide bonds. The zero-order valence-corrected chi connectivity index (χ0v) is 16.7. The Hall–Kier alpha value is -1.53. The predicted octanol–water partition coefficient (Wildman–Crippen LogP) is 4.80. The molecule has 6 heteroatoms. The zero-order valence-electron chi connectivity index (χ0n) is 14.3. The number of sulfonamides is 1.